The highest BCUT2D eigenvalue weighted by Crippen LogP contribution is 2.40. The molecule has 0 bridgehead atoms. The predicted molar refractivity (Wildman–Crippen MR) is 66.8 cm³/mol. The summed E-state index contributed by atoms with van der Waals surface area (Å²) >= 11 is 6.23. The van der Waals surface area contributed by atoms with E-state index in [-0.39, 0.29) is 12.1 Å². The first-order chi connectivity index (χ1) is 7.77. The molecule has 0 spiro atoms. The first-order valence-electron chi connectivity index (χ1n) is 5.72. The fraction of sp³-hybridized carbons (Fsp3) is 0.538. The number of nitrogens with one attached hydrogen (secondary N) is 1. The summed E-state index contributed by atoms with van der Waals surface area (Å²) in [7, 11) is 3.74. The summed E-state index contributed by atoms with van der Waals surface area (Å²) in [5.41, 5.74) is 1.13. The topological polar surface area (TPSA) is 21.3 Å². The van der Waals surface area contributed by atoms with E-state index in [1.807, 2.05) is 25.2 Å². The van der Waals surface area contributed by atoms with E-state index >= 15 is 0 Å². The number of hydrogen-bond donors (Lipinski definition) is 1. The fourth-order valence-electron chi connectivity index (χ4n) is 2.25. The van der Waals surface area contributed by atoms with Gasteiger partial charge >= 0.3 is 0 Å². The first-order valence-corrected chi connectivity index (χ1v) is 6.10. The van der Waals surface area contributed by atoms with Crippen molar-refractivity contribution in [2.45, 2.75) is 25.0 Å². The Hall–Kier alpha value is -0.570. The summed E-state index contributed by atoms with van der Waals surface area (Å²) < 4.78 is 5.62. The summed E-state index contributed by atoms with van der Waals surface area (Å²) in [4.78, 5) is 0. The maximum atomic E-state index is 6.23. The van der Waals surface area contributed by atoms with Crippen LogP contribution in [0.1, 0.15) is 24.4 Å². The average molecular weight is 240 g/mol. The van der Waals surface area contributed by atoms with Crippen LogP contribution in [-0.2, 0) is 4.74 Å². The van der Waals surface area contributed by atoms with E-state index in [2.05, 4.69) is 11.4 Å². The van der Waals surface area contributed by atoms with Crippen molar-refractivity contribution in [3.63, 3.8) is 0 Å². The SMILES string of the molecule is CNC(c1ccccc1Cl)C(OC)C1CC1. The van der Waals surface area contributed by atoms with Gasteiger partial charge in [-0.25, -0.2) is 0 Å². The van der Waals surface area contributed by atoms with Crippen molar-refractivity contribution >= 4 is 11.6 Å². The van der Waals surface area contributed by atoms with Gasteiger partial charge in [0, 0.05) is 12.1 Å². The van der Waals surface area contributed by atoms with Gasteiger partial charge in [0.05, 0.1) is 12.1 Å². The minimum absolute atomic E-state index is 0.186. The molecule has 2 rings (SSSR count). The molecule has 0 radical (unpaired) electrons. The van der Waals surface area contributed by atoms with Gasteiger partial charge in [-0.1, -0.05) is 29.8 Å². The van der Waals surface area contributed by atoms with Crippen LogP contribution in [0.3, 0.4) is 0 Å². The summed E-state index contributed by atoms with van der Waals surface area (Å²) in [6.45, 7) is 0. The fourth-order valence-corrected chi connectivity index (χ4v) is 2.50. The van der Waals surface area contributed by atoms with E-state index < -0.39 is 0 Å². The zero-order valence-corrected chi connectivity index (χ0v) is 10.5. The second kappa shape index (κ2) is 5.17. The number of methoxy groups -OCH3 is 1. The molecule has 0 aliphatic heterocycles. The Balaban J connectivity index is 2.23. The Kier molecular flexibility index (Phi) is 3.85. The Morgan fingerprint density at radius 1 is 1.38 bits per heavy atom. The molecule has 1 aliphatic rings. The van der Waals surface area contributed by atoms with Gasteiger partial charge in [-0.05, 0) is 37.4 Å². The van der Waals surface area contributed by atoms with Gasteiger partial charge in [-0.2, -0.15) is 0 Å². The highest BCUT2D eigenvalue weighted by atomic mass is 35.5. The molecule has 1 fully saturated rings. The summed E-state index contributed by atoms with van der Waals surface area (Å²) in [5.74, 6) is 0.679. The van der Waals surface area contributed by atoms with Crippen molar-refractivity contribution < 1.29 is 4.74 Å². The molecule has 0 saturated heterocycles. The molecular formula is C13H18ClNO. The largest absolute Gasteiger partial charge is 0.379 e. The van der Waals surface area contributed by atoms with Gasteiger partial charge in [0.15, 0.2) is 0 Å². The molecule has 1 aliphatic carbocycles. The van der Waals surface area contributed by atoms with Crippen LogP contribution >= 0.6 is 11.6 Å². The van der Waals surface area contributed by atoms with Gasteiger partial charge in [-0.3, -0.25) is 0 Å². The number of likely N-dealkylation sites (N-methyl/N-ethyl adjacent to an activating group) is 1. The molecule has 3 heteroatoms. The standard InChI is InChI=1S/C13H18ClNO/c1-15-12(13(16-2)9-7-8-9)10-5-3-4-6-11(10)14/h3-6,9,12-13,15H,7-8H2,1-2H3. The normalized spacial score (nSPS) is 19.4. The molecule has 2 unspecified atom stereocenters. The van der Waals surface area contributed by atoms with E-state index in [1.54, 1.807) is 7.11 Å². The molecule has 88 valence electrons. The van der Waals surface area contributed by atoms with Crippen molar-refractivity contribution in [1.29, 1.82) is 0 Å². The molecule has 1 saturated carbocycles. The molecule has 1 aromatic rings. The van der Waals surface area contributed by atoms with Crippen molar-refractivity contribution in [1.82, 2.24) is 5.32 Å². The minimum atomic E-state index is 0.186. The summed E-state index contributed by atoms with van der Waals surface area (Å²) in [6.07, 6.45) is 2.76. The number of rotatable bonds is 5. The second-order valence-electron chi connectivity index (χ2n) is 4.33. The lowest BCUT2D eigenvalue weighted by atomic mass is 9.98. The van der Waals surface area contributed by atoms with E-state index in [1.165, 1.54) is 12.8 Å². The van der Waals surface area contributed by atoms with Crippen molar-refractivity contribution in [3.8, 4) is 0 Å². The van der Waals surface area contributed by atoms with E-state index in [0.717, 1.165) is 10.6 Å². The molecular weight excluding hydrogens is 222 g/mol. The zero-order valence-electron chi connectivity index (χ0n) is 9.74. The third-order valence-electron chi connectivity index (χ3n) is 3.24. The van der Waals surface area contributed by atoms with Crippen LogP contribution in [0.5, 0.6) is 0 Å². The molecule has 2 atom stereocenters. The maximum absolute atomic E-state index is 6.23. The van der Waals surface area contributed by atoms with Crippen LogP contribution in [0, 0.1) is 5.92 Å². The Morgan fingerprint density at radius 2 is 2.06 bits per heavy atom. The highest BCUT2D eigenvalue weighted by Gasteiger charge is 2.37. The predicted octanol–water partition coefficient (Wildman–Crippen LogP) is 3.03. The number of hydrogen-bond acceptors (Lipinski definition) is 2. The van der Waals surface area contributed by atoms with E-state index in [4.69, 9.17) is 16.3 Å². The Bertz CT molecular complexity index is 352. The van der Waals surface area contributed by atoms with Crippen LogP contribution in [-0.4, -0.2) is 20.3 Å². The third-order valence-corrected chi connectivity index (χ3v) is 3.58. The third kappa shape index (κ3) is 2.40. The number of benzene rings is 1. The van der Waals surface area contributed by atoms with Crippen molar-refractivity contribution in [2.75, 3.05) is 14.2 Å². The van der Waals surface area contributed by atoms with Gasteiger partial charge in [0.1, 0.15) is 0 Å². The second-order valence-corrected chi connectivity index (χ2v) is 4.73. The van der Waals surface area contributed by atoms with E-state index in [0.29, 0.717) is 5.92 Å². The zero-order chi connectivity index (χ0) is 11.5. The van der Waals surface area contributed by atoms with Crippen LogP contribution in [0.4, 0.5) is 0 Å². The molecule has 0 amide bonds. The Morgan fingerprint density at radius 3 is 2.56 bits per heavy atom. The van der Waals surface area contributed by atoms with Gasteiger partial charge in [0.2, 0.25) is 0 Å². The van der Waals surface area contributed by atoms with Crippen LogP contribution < -0.4 is 5.32 Å². The van der Waals surface area contributed by atoms with Crippen molar-refractivity contribution in [2.24, 2.45) is 5.92 Å². The first kappa shape index (κ1) is 11.9. The quantitative estimate of drug-likeness (QED) is 0.853. The van der Waals surface area contributed by atoms with Gasteiger partial charge < -0.3 is 10.1 Å². The van der Waals surface area contributed by atoms with Crippen LogP contribution in [0.15, 0.2) is 24.3 Å². The minimum Gasteiger partial charge on any atom is -0.379 e. The van der Waals surface area contributed by atoms with Crippen LogP contribution in [0.25, 0.3) is 0 Å². The average Bonchev–Trinajstić information content (AvgIpc) is 3.11. The Labute approximate surface area is 102 Å². The highest BCUT2D eigenvalue weighted by molar-refractivity contribution is 6.31. The molecule has 0 aromatic heterocycles. The smallest absolute Gasteiger partial charge is 0.0794 e. The maximum Gasteiger partial charge on any atom is 0.0794 e. The summed E-state index contributed by atoms with van der Waals surface area (Å²) in [6, 6.07) is 8.16. The summed E-state index contributed by atoms with van der Waals surface area (Å²) in [5, 5.41) is 4.13. The number of ether oxygens (including phenoxy) is 1. The van der Waals surface area contributed by atoms with E-state index in [9.17, 15) is 0 Å². The van der Waals surface area contributed by atoms with Crippen molar-refractivity contribution in [3.05, 3.63) is 34.9 Å². The molecule has 16 heavy (non-hydrogen) atoms. The molecule has 0 heterocycles. The molecule has 1 N–H and O–H groups in total. The lowest BCUT2D eigenvalue weighted by Crippen LogP contribution is -2.32. The lowest BCUT2D eigenvalue weighted by Gasteiger charge is -2.26. The molecule has 2 nitrogen and oxygen atoms in total. The lowest BCUT2D eigenvalue weighted by molar-refractivity contribution is 0.0531. The van der Waals surface area contributed by atoms with Gasteiger partial charge in [0.25, 0.3) is 0 Å². The molecule has 1 aromatic carbocycles. The van der Waals surface area contributed by atoms with Gasteiger partial charge in [-0.15, -0.1) is 0 Å². The number of halogens is 1. The monoisotopic (exact) mass is 239 g/mol. The van der Waals surface area contributed by atoms with Crippen LogP contribution in [0.2, 0.25) is 5.02 Å².